The largest absolute Gasteiger partial charge is 0.366 e. The van der Waals surface area contributed by atoms with Crippen molar-refractivity contribution in [3.63, 3.8) is 0 Å². The van der Waals surface area contributed by atoms with Crippen LogP contribution in [0.3, 0.4) is 0 Å². The quantitative estimate of drug-likeness (QED) is 0.255. The van der Waals surface area contributed by atoms with Crippen LogP contribution in [-0.2, 0) is 9.53 Å². The molecule has 2 rings (SSSR count). The normalized spacial score (nSPS) is 24.5. The van der Waals surface area contributed by atoms with E-state index >= 15 is 0 Å². The van der Waals surface area contributed by atoms with Gasteiger partial charge in [-0.3, -0.25) is 4.79 Å². The predicted octanol–water partition coefficient (Wildman–Crippen LogP) is 6.11. The molecule has 0 bridgehead atoms. The maximum atomic E-state index is 12.0. The SMILES string of the molecule is CC1C=CC=CC1OCC(=O)CCC[C@H](I)CC1=CC=C(I)CC1. The Kier molecular flexibility index (Phi) is 9.26. The van der Waals surface area contributed by atoms with E-state index in [1.54, 1.807) is 5.57 Å². The van der Waals surface area contributed by atoms with Crippen LogP contribution in [0.5, 0.6) is 0 Å². The van der Waals surface area contributed by atoms with Crippen molar-refractivity contribution in [2.75, 3.05) is 6.61 Å². The number of carbonyl (C=O) groups excluding carboxylic acids is 1. The van der Waals surface area contributed by atoms with E-state index in [1.165, 1.54) is 16.4 Å². The van der Waals surface area contributed by atoms with E-state index in [4.69, 9.17) is 4.74 Å². The third-order valence-corrected chi connectivity index (χ3v) is 6.39. The second-order valence-electron chi connectivity index (χ2n) is 6.58. The molecule has 4 heteroatoms. The Morgan fingerprint density at radius 1 is 1.29 bits per heavy atom. The zero-order chi connectivity index (χ0) is 17.4. The Balaban J connectivity index is 1.58. The van der Waals surface area contributed by atoms with Crippen LogP contribution < -0.4 is 0 Å². The monoisotopic (exact) mass is 552 g/mol. The number of alkyl halides is 1. The van der Waals surface area contributed by atoms with Gasteiger partial charge >= 0.3 is 0 Å². The number of ketones is 1. The lowest BCUT2D eigenvalue weighted by atomic mass is 9.98. The van der Waals surface area contributed by atoms with E-state index in [9.17, 15) is 4.79 Å². The standard InChI is InChI=1S/C20H26I2O2/c1-15-5-2-3-8-20(15)24-14-19(23)7-4-6-18(22)13-16-9-11-17(21)12-10-16/h2-3,5,8-9,11,15,18,20H,4,6-7,10,12-14H2,1H3/t15?,18-,20?/m0/s1. The number of ether oxygens (including phenoxy) is 1. The van der Waals surface area contributed by atoms with E-state index in [2.05, 4.69) is 70.3 Å². The highest BCUT2D eigenvalue weighted by molar-refractivity contribution is 14.1. The minimum absolute atomic E-state index is 0.0466. The average Bonchev–Trinajstić information content (AvgIpc) is 2.56. The van der Waals surface area contributed by atoms with E-state index in [-0.39, 0.29) is 18.5 Å². The molecular weight excluding hydrogens is 526 g/mol. The fraction of sp³-hybridized carbons (Fsp3) is 0.550. The molecular formula is C20H26I2O2. The predicted molar refractivity (Wildman–Crippen MR) is 118 cm³/mol. The van der Waals surface area contributed by atoms with Crippen LogP contribution in [-0.4, -0.2) is 22.4 Å². The summed E-state index contributed by atoms with van der Waals surface area (Å²) in [5.74, 6) is 0.575. The Bertz CT molecular complexity index is 546. The second kappa shape index (κ2) is 10.9. The molecule has 2 nitrogen and oxygen atoms in total. The van der Waals surface area contributed by atoms with Crippen molar-refractivity contribution in [3.8, 4) is 0 Å². The first-order valence-corrected chi connectivity index (χ1v) is 11.0. The molecule has 3 atom stereocenters. The summed E-state index contributed by atoms with van der Waals surface area (Å²) in [6, 6.07) is 0. The zero-order valence-electron chi connectivity index (χ0n) is 14.2. The number of halogens is 2. The molecule has 0 saturated carbocycles. The number of hydrogen-bond donors (Lipinski definition) is 0. The summed E-state index contributed by atoms with van der Waals surface area (Å²) in [7, 11) is 0. The van der Waals surface area contributed by atoms with Crippen molar-refractivity contribution >= 4 is 51.0 Å². The topological polar surface area (TPSA) is 26.3 Å². The maximum absolute atomic E-state index is 12.0. The third kappa shape index (κ3) is 7.52. The fourth-order valence-corrected chi connectivity index (χ4v) is 4.35. The van der Waals surface area contributed by atoms with Gasteiger partial charge in [-0.1, -0.05) is 71.5 Å². The lowest BCUT2D eigenvalue weighted by Crippen LogP contribution is -2.23. The van der Waals surface area contributed by atoms with Gasteiger partial charge in [0.25, 0.3) is 0 Å². The molecule has 24 heavy (non-hydrogen) atoms. The van der Waals surface area contributed by atoms with Crippen molar-refractivity contribution in [1.29, 1.82) is 0 Å². The minimum atomic E-state index is 0.0466. The van der Waals surface area contributed by atoms with Gasteiger partial charge in [-0.15, -0.1) is 0 Å². The first-order chi connectivity index (χ1) is 11.5. The Morgan fingerprint density at radius 2 is 2.08 bits per heavy atom. The highest BCUT2D eigenvalue weighted by Gasteiger charge is 2.16. The molecule has 0 aromatic carbocycles. The summed E-state index contributed by atoms with van der Waals surface area (Å²) in [6.07, 6.45) is 19.0. The van der Waals surface area contributed by atoms with E-state index in [0.717, 1.165) is 19.3 Å². The van der Waals surface area contributed by atoms with E-state index in [0.29, 0.717) is 16.3 Å². The van der Waals surface area contributed by atoms with Gasteiger partial charge in [0.15, 0.2) is 5.78 Å². The summed E-state index contributed by atoms with van der Waals surface area (Å²) in [5, 5.41) is 0. The van der Waals surface area contributed by atoms with Gasteiger partial charge in [0.05, 0.1) is 6.10 Å². The molecule has 0 saturated heterocycles. The first-order valence-electron chi connectivity index (χ1n) is 8.71. The molecule has 0 amide bonds. The van der Waals surface area contributed by atoms with Crippen molar-refractivity contribution in [2.24, 2.45) is 5.92 Å². The van der Waals surface area contributed by atoms with E-state index in [1.807, 2.05) is 18.2 Å². The van der Waals surface area contributed by atoms with Gasteiger partial charge < -0.3 is 4.74 Å². The Labute approximate surface area is 173 Å². The summed E-state index contributed by atoms with van der Waals surface area (Å²) in [5.41, 5.74) is 1.55. The van der Waals surface area contributed by atoms with Crippen molar-refractivity contribution in [1.82, 2.24) is 0 Å². The van der Waals surface area contributed by atoms with Crippen molar-refractivity contribution in [2.45, 2.75) is 55.5 Å². The molecule has 0 aliphatic heterocycles. The summed E-state index contributed by atoms with van der Waals surface area (Å²) in [4.78, 5) is 12.0. The van der Waals surface area contributed by atoms with Gasteiger partial charge in [-0.25, -0.2) is 0 Å². The number of allylic oxidation sites excluding steroid dienone is 6. The molecule has 0 aromatic rings. The number of Topliss-reactive ketones (excluding diaryl/α,β-unsaturated/α-hetero) is 1. The second-order valence-corrected chi connectivity index (χ2v) is 9.72. The zero-order valence-corrected chi connectivity index (χ0v) is 18.5. The third-order valence-electron chi connectivity index (χ3n) is 4.42. The number of carbonyl (C=O) groups is 1. The van der Waals surface area contributed by atoms with Gasteiger partial charge in [-0.2, -0.15) is 0 Å². The maximum Gasteiger partial charge on any atom is 0.158 e. The van der Waals surface area contributed by atoms with E-state index < -0.39 is 0 Å². The molecule has 2 unspecified atom stereocenters. The van der Waals surface area contributed by atoms with Crippen LogP contribution in [0, 0.1) is 5.92 Å². The average molecular weight is 552 g/mol. The molecule has 0 aromatic heterocycles. The van der Waals surface area contributed by atoms with Gasteiger partial charge in [-0.05, 0) is 58.3 Å². The van der Waals surface area contributed by atoms with Crippen LogP contribution in [0.4, 0.5) is 0 Å². The van der Waals surface area contributed by atoms with Crippen molar-refractivity contribution < 1.29 is 9.53 Å². The molecule has 2 aliphatic carbocycles. The van der Waals surface area contributed by atoms with Crippen LogP contribution in [0.1, 0.15) is 45.4 Å². The molecule has 0 heterocycles. The fourth-order valence-electron chi connectivity index (χ4n) is 2.90. The Hall–Kier alpha value is 0.0500. The van der Waals surface area contributed by atoms with Gasteiger partial charge in [0.1, 0.15) is 6.61 Å². The molecule has 0 fully saturated rings. The number of rotatable bonds is 9. The van der Waals surface area contributed by atoms with Gasteiger partial charge in [0, 0.05) is 16.3 Å². The number of hydrogen-bond acceptors (Lipinski definition) is 2. The summed E-state index contributed by atoms with van der Waals surface area (Å²) in [6.45, 7) is 2.36. The minimum Gasteiger partial charge on any atom is -0.366 e. The summed E-state index contributed by atoms with van der Waals surface area (Å²) < 4.78 is 7.81. The lowest BCUT2D eigenvalue weighted by molar-refractivity contribution is -0.125. The first kappa shape index (κ1) is 20.4. The van der Waals surface area contributed by atoms with Crippen LogP contribution >= 0.6 is 45.2 Å². The van der Waals surface area contributed by atoms with Crippen LogP contribution in [0.15, 0.2) is 45.6 Å². The highest BCUT2D eigenvalue weighted by Crippen LogP contribution is 2.28. The smallest absolute Gasteiger partial charge is 0.158 e. The molecule has 2 aliphatic rings. The lowest BCUT2D eigenvalue weighted by Gasteiger charge is -2.20. The molecule has 132 valence electrons. The van der Waals surface area contributed by atoms with Crippen LogP contribution in [0.2, 0.25) is 0 Å². The van der Waals surface area contributed by atoms with Crippen molar-refractivity contribution in [3.05, 3.63) is 45.6 Å². The summed E-state index contributed by atoms with van der Waals surface area (Å²) >= 11 is 4.95. The van der Waals surface area contributed by atoms with Gasteiger partial charge in [0.2, 0.25) is 0 Å². The Morgan fingerprint density at radius 3 is 2.79 bits per heavy atom. The highest BCUT2D eigenvalue weighted by atomic mass is 127. The molecule has 0 radical (unpaired) electrons. The molecule has 0 N–H and O–H groups in total. The molecule has 0 spiro atoms. The van der Waals surface area contributed by atoms with Crippen LogP contribution in [0.25, 0.3) is 0 Å².